The van der Waals surface area contributed by atoms with E-state index in [0.29, 0.717) is 13.0 Å². The SMILES string of the molecule is CC(CN(C)C(=O)Cc1ccc(Br)cc1)/C(N)=N/O. The molecular weight excluding hydrogens is 310 g/mol. The first-order chi connectivity index (χ1) is 8.93. The number of benzene rings is 1. The number of hydrogen-bond acceptors (Lipinski definition) is 3. The van der Waals surface area contributed by atoms with Crippen molar-refractivity contribution in [1.82, 2.24) is 4.90 Å². The standard InChI is InChI=1S/C13H18BrN3O2/c1-9(13(15)16-19)8-17(2)12(18)7-10-3-5-11(14)6-4-10/h3-6,9,19H,7-8H2,1-2H3,(H2,15,16). The Hall–Kier alpha value is -1.56. The molecule has 6 heteroatoms. The number of oxime groups is 1. The zero-order chi connectivity index (χ0) is 14.4. The van der Waals surface area contributed by atoms with Crippen LogP contribution in [0.2, 0.25) is 0 Å². The smallest absolute Gasteiger partial charge is 0.226 e. The Morgan fingerprint density at radius 2 is 2.05 bits per heavy atom. The van der Waals surface area contributed by atoms with Gasteiger partial charge in [-0.15, -0.1) is 0 Å². The average Bonchev–Trinajstić information content (AvgIpc) is 2.40. The minimum Gasteiger partial charge on any atom is -0.409 e. The van der Waals surface area contributed by atoms with Crippen LogP contribution in [0.25, 0.3) is 0 Å². The van der Waals surface area contributed by atoms with E-state index in [1.165, 1.54) is 0 Å². The van der Waals surface area contributed by atoms with Crippen molar-refractivity contribution in [1.29, 1.82) is 0 Å². The maximum atomic E-state index is 12.0. The summed E-state index contributed by atoms with van der Waals surface area (Å²) in [5.74, 6) is -0.0490. The van der Waals surface area contributed by atoms with E-state index >= 15 is 0 Å². The molecule has 1 unspecified atom stereocenters. The van der Waals surface area contributed by atoms with Gasteiger partial charge < -0.3 is 15.8 Å². The fourth-order valence-corrected chi connectivity index (χ4v) is 1.88. The zero-order valence-electron chi connectivity index (χ0n) is 11.0. The van der Waals surface area contributed by atoms with Crippen LogP contribution in [-0.2, 0) is 11.2 Å². The summed E-state index contributed by atoms with van der Waals surface area (Å²) in [6, 6.07) is 7.62. The van der Waals surface area contributed by atoms with Gasteiger partial charge in [0.2, 0.25) is 5.91 Å². The van der Waals surface area contributed by atoms with Gasteiger partial charge in [-0.2, -0.15) is 0 Å². The number of nitrogens with zero attached hydrogens (tertiary/aromatic N) is 2. The minimum absolute atomic E-state index is 0.0000813. The second-order valence-electron chi connectivity index (χ2n) is 4.50. The van der Waals surface area contributed by atoms with Gasteiger partial charge in [-0.1, -0.05) is 40.1 Å². The summed E-state index contributed by atoms with van der Waals surface area (Å²) in [5.41, 5.74) is 6.45. The summed E-state index contributed by atoms with van der Waals surface area (Å²) >= 11 is 3.35. The van der Waals surface area contributed by atoms with Gasteiger partial charge in [0, 0.05) is 24.0 Å². The number of nitrogens with two attached hydrogens (primary N) is 1. The molecule has 1 aromatic carbocycles. The van der Waals surface area contributed by atoms with Crippen molar-refractivity contribution in [2.24, 2.45) is 16.8 Å². The molecule has 5 nitrogen and oxygen atoms in total. The van der Waals surface area contributed by atoms with Gasteiger partial charge in [-0.25, -0.2) is 0 Å². The Morgan fingerprint density at radius 1 is 1.47 bits per heavy atom. The lowest BCUT2D eigenvalue weighted by Crippen LogP contribution is -2.37. The largest absolute Gasteiger partial charge is 0.409 e. The van der Waals surface area contributed by atoms with Crippen LogP contribution in [0.1, 0.15) is 12.5 Å². The van der Waals surface area contributed by atoms with E-state index in [2.05, 4.69) is 21.1 Å². The van der Waals surface area contributed by atoms with E-state index < -0.39 is 0 Å². The lowest BCUT2D eigenvalue weighted by atomic mass is 10.1. The van der Waals surface area contributed by atoms with Crippen LogP contribution in [0.4, 0.5) is 0 Å². The number of carbonyl (C=O) groups is 1. The van der Waals surface area contributed by atoms with Gasteiger partial charge in [-0.3, -0.25) is 4.79 Å². The highest BCUT2D eigenvalue weighted by atomic mass is 79.9. The quantitative estimate of drug-likeness (QED) is 0.375. The summed E-state index contributed by atoms with van der Waals surface area (Å²) in [4.78, 5) is 13.6. The van der Waals surface area contributed by atoms with E-state index in [0.717, 1.165) is 10.0 Å². The third kappa shape index (κ3) is 4.90. The molecule has 0 saturated heterocycles. The monoisotopic (exact) mass is 327 g/mol. The third-order valence-electron chi connectivity index (χ3n) is 2.86. The minimum atomic E-state index is -0.177. The molecule has 1 atom stereocenters. The zero-order valence-corrected chi connectivity index (χ0v) is 12.6. The lowest BCUT2D eigenvalue weighted by Gasteiger charge is -2.21. The van der Waals surface area contributed by atoms with E-state index in [-0.39, 0.29) is 17.7 Å². The summed E-state index contributed by atoms with van der Waals surface area (Å²) in [5, 5.41) is 11.5. The van der Waals surface area contributed by atoms with E-state index in [1.54, 1.807) is 18.9 Å². The van der Waals surface area contributed by atoms with Crippen molar-refractivity contribution >= 4 is 27.7 Å². The second-order valence-corrected chi connectivity index (χ2v) is 5.42. The first-order valence-corrected chi connectivity index (χ1v) is 6.69. The molecule has 0 aromatic heterocycles. The maximum Gasteiger partial charge on any atom is 0.226 e. The van der Waals surface area contributed by atoms with Crippen LogP contribution in [0, 0.1) is 5.92 Å². The fourth-order valence-electron chi connectivity index (χ4n) is 1.62. The highest BCUT2D eigenvalue weighted by Gasteiger charge is 2.15. The molecule has 0 aliphatic rings. The van der Waals surface area contributed by atoms with Crippen LogP contribution < -0.4 is 5.73 Å². The number of amides is 1. The summed E-state index contributed by atoms with van der Waals surface area (Å²) < 4.78 is 0.984. The molecule has 1 rings (SSSR count). The van der Waals surface area contributed by atoms with Crippen molar-refractivity contribution in [3.63, 3.8) is 0 Å². The number of likely N-dealkylation sites (N-methyl/N-ethyl adjacent to an activating group) is 1. The molecule has 0 fully saturated rings. The van der Waals surface area contributed by atoms with Gasteiger partial charge in [0.25, 0.3) is 0 Å². The van der Waals surface area contributed by atoms with Crippen LogP contribution in [0.15, 0.2) is 33.9 Å². The molecule has 0 radical (unpaired) electrons. The first-order valence-electron chi connectivity index (χ1n) is 5.90. The summed E-state index contributed by atoms with van der Waals surface area (Å²) in [6.45, 7) is 2.23. The van der Waals surface area contributed by atoms with Gasteiger partial charge >= 0.3 is 0 Å². The Kier molecular flexibility index (Phi) is 5.82. The number of halogens is 1. The van der Waals surface area contributed by atoms with Gasteiger partial charge in [0.05, 0.1) is 6.42 Å². The Labute approximate surface area is 121 Å². The normalized spacial score (nSPS) is 13.1. The van der Waals surface area contributed by atoms with Crippen LogP contribution in [-0.4, -0.2) is 35.4 Å². The molecule has 0 saturated carbocycles. The first kappa shape index (κ1) is 15.5. The average molecular weight is 328 g/mol. The fraction of sp³-hybridized carbons (Fsp3) is 0.385. The molecule has 0 spiro atoms. The van der Waals surface area contributed by atoms with Crippen LogP contribution in [0.3, 0.4) is 0 Å². The molecule has 0 aliphatic carbocycles. The highest BCUT2D eigenvalue weighted by Crippen LogP contribution is 2.11. The number of carbonyl (C=O) groups excluding carboxylic acids is 1. The van der Waals surface area contributed by atoms with Crippen molar-refractivity contribution in [3.8, 4) is 0 Å². The molecule has 1 aromatic rings. The summed E-state index contributed by atoms with van der Waals surface area (Å²) in [7, 11) is 1.71. The van der Waals surface area contributed by atoms with Crippen molar-refractivity contribution in [3.05, 3.63) is 34.3 Å². The predicted octanol–water partition coefficient (Wildman–Crippen LogP) is 1.83. The van der Waals surface area contributed by atoms with Gasteiger partial charge in [0.15, 0.2) is 0 Å². The molecule has 104 valence electrons. The maximum absolute atomic E-state index is 12.0. The van der Waals surface area contributed by atoms with Gasteiger partial charge in [0.1, 0.15) is 5.84 Å². The van der Waals surface area contributed by atoms with Gasteiger partial charge in [-0.05, 0) is 17.7 Å². The van der Waals surface area contributed by atoms with Crippen molar-refractivity contribution < 1.29 is 10.0 Å². The Morgan fingerprint density at radius 3 is 2.58 bits per heavy atom. The highest BCUT2D eigenvalue weighted by molar-refractivity contribution is 9.10. The predicted molar refractivity (Wildman–Crippen MR) is 78.1 cm³/mol. The van der Waals surface area contributed by atoms with E-state index in [1.807, 2.05) is 24.3 Å². The topological polar surface area (TPSA) is 78.9 Å². The summed E-state index contributed by atoms with van der Waals surface area (Å²) in [6.07, 6.45) is 0.340. The molecule has 3 N–H and O–H groups in total. The Balaban J connectivity index is 2.55. The van der Waals surface area contributed by atoms with Crippen molar-refractivity contribution in [2.45, 2.75) is 13.3 Å². The number of rotatable bonds is 5. The second kappa shape index (κ2) is 7.13. The number of amidine groups is 1. The van der Waals surface area contributed by atoms with E-state index in [9.17, 15) is 4.79 Å². The van der Waals surface area contributed by atoms with Crippen molar-refractivity contribution in [2.75, 3.05) is 13.6 Å². The molecule has 0 aliphatic heterocycles. The molecular formula is C13H18BrN3O2. The van der Waals surface area contributed by atoms with E-state index in [4.69, 9.17) is 10.9 Å². The van der Waals surface area contributed by atoms with Crippen LogP contribution in [0.5, 0.6) is 0 Å². The Bertz CT molecular complexity index is 459. The van der Waals surface area contributed by atoms with Crippen LogP contribution >= 0.6 is 15.9 Å². The molecule has 1 amide bonds. The third-order valence-corrected chi connectivity index (χ3v) is 3.39. The molecule has 0 bridgehead atoms. The molecule has 0 heterocycles. The lowest BCUT2D eigenvalue weighted by molar-refractivity contribution is -0.129. The number of hydrogen-bond donors (Lipinski definition) is 2. The molecule has 19 heavy (non-hydrogen) atoms.